The molecule has 0 bridgehead atoms. The standard InChI is InChI=1S/C12H26N2S/c1-4-13-12-6-8-14(11(2)10-12)7-5-9-15-3/h11-13H,4-10H2,1-3H3. The second-order valence-electron chi connectivity index (χ2n) is 4.51. The molecule has 0 spiro atoms. The smallest absolute Gasteiger partial charge is 0.00939 e. The molecule has 1 saturated heterocycles. The summed E-state index contributed by atoms with van der Waals surface area (Å²) in [5.41, 5.74) is 0. The lowest BCUT2D eigenvalue weighted by molar-refractivity contribution is 0.137. The zero-order valence-electron chi connectivity index (χ0n) is 10.5. The van der Waals surface area contributed by atoms with Crippen molar-refractivity contribution in [2.75, 3.05) is 31.6 Å². The molecule has 3 heteroatoms. The molecule has 0 amide bonds. The van der Waals surface area contributed by atoms with Crippen LogP contribution in [0.3, 0.4) is 0 Å². The lowest BCUT2D eigenvalue weighted by Gasteiger charge is -2.38. The van der Waals surface area contributed by atoms with E-state index in [2.05, 4.69) is 30.3 Å². The van der Waals surface area contributed by atoms with Gasteiger partial charge in [0.25, 0.3) is 0 Å². The topological polar surface area (TPSA) is 15.3 Å². The van der Waals surface area contributed by atoms with Crippen molar-refractivity contribution in [3.05, 3.63) is 0 Å². The van der Waals surface area contributed by atoms with Crippen LogP contribution in [0.5, 0.6) is 0 Å². The van der Waals surface area contributed by atoms with Crippen molar-refractivity contribution in [2.24, 2.45) is 0 Å². The molecule has 0 aliphatic carbocycles. The summed E-state index contributed by atoms with van der Waals surface area (Å²) >= 11 is 1.96. The second kappa shape index (κ2) is 7.53. The van der Waals surface area contributed by atoms with E-state index in [1.165, 1.54) is 38.1 Å². The van der Waals surface area contributed by atoms with Crippen LogP contribution in [0.15, 0.2) is 0 Å². The number of hydrogen-bond acceptors (Lipinski definition) is 3. The van der Waals surface area contributed by atoms with E-state index < -0.39 is 0 Å². The summed E-state index contributed by atoms with van der Waals surface area (Å²) in [4.78, 5) is 2.66. The molecule has 1 aliphatic rings. The molecule has 90 valence electrons. The Bertz CT molecular complexity index is 164. The minimum absolute atomic E-state index is 0.766. The first kappa shape index (κ1) is 13.3. The van der Waals surface area contributed by atoms with Crippen LogP contribution < -0.4 is 5.32 Å². The summed E-state index contributed by atoms with van der Waals surface area (Å²) in [5.74, 6) is 1.31. The first-order valence-electron chi connectivity index (χ1n) is 6.24. The van der Waals surface area contributed by atoms with E-state index in [0.29, 0.717) is 0 Å². The first-order valence-corrected chi connectivity index (χ1v) is 7.63. The minimum atomic E-state index is 0.766. The van der Waals surface area contributed by atoms with E-state index in [4.69, 9.17) is 0 Å². The van der Waals surface area contributed by atoms with E-state index in [1.807, 2.05) is 11.8 Å². The quantitative estimate of drug-likeness (QED) is 0.704. The van der Waals surface area contributed by atoms with Crippen molar-refractivity contribution in [3.8, 4) is 0 Å². The molecule has 0 aromatic heterocycles. The van der Waals surface area contributed by atoms with Gasteiger partial charge in [-0.15, -0.1) is 0 Å². The van der Waals surface area contributed by atoms with Gasteiger partial charge >= 0.3 is 0 Å². The van der Waals surface area contributed by atoms with Crippen LogP contribution in [-0.4, -0.2) is 48.6 Å². The van der Waals surface area contributed by atoms with Crippen LogP contribution >= 0.6 is 11.8 Å². The Balaban J connectivity index is 2.20. The predicted molar refractivity (Wildman–Crippen MR) is 70.7 cm³/mol. The zero-order chi connectivity index (χ0) is 11.1. The van der Waals surface area contributed by atoms with Gasteiger partial charge in [-0.3, -0.25) is 0 Å². The number of nitrogens with one attached hydrogen (secondary N) is 1. The fraction of sp³-hybridized carbons (Fsp3) is 1.00. The Labute approximate surface area is 99.2 Å². The summed E-state index contributed by atoms with van der Waals surface area (Å²) in [7, 11) is 0. The lowest BCUT2D eigenvalue weighted by atomic mass is 9.98. The van der Waals surface area contributed by atoms with Gasteiger partial charge in [0.15, 0.2) is 0 Å². The van der Waals surface area contributed by atoms with E-state index in [9.17, 15) is 0 Å². The maximum Gasteiger partial charge on any atom is 0.00939 e. The molecule has 2 atom stereocenters. The molecule has 1 rings (SSSR count). The highest BCUT2D eigenvalue weighted by molar-refractivity contribution is 7.98. The molecule has 2 unspecified atom stereocenters. The summed E-state index contributed by atoms with van der Waals surface area (Å²) in [6.07, 6.45) is 6.20. The van der Waals surface area contributed by atoms with Gasteiger partial charge in [-0.05, 0) is 57.8 Å². The van der Waals surface area contributed by atoms with Gasteiger partial charge in [0.2, 0.25) is 0 Å². The third-order valence-corrected chi connectivity index (χ3v) is 4.00. The highest BCUT2D eigenvalue weighted by Crippen LogP contribution is 2.17. The number of piperidine rings is 1. The Kier molecular flexibility index (Phi) is 6.69. The molecule has 1 fully saturated rings. The van der Waals surface area contributed by atoms with Gasteiger partial charge in [0, 0.05) is 12.1 Å². The molecular formula is C12H26N2S. The van der Waals surface area contributed by atoms with Crippen LogP contribution in [0.2, 0.25) is 0 Å². The largest absolute Gasteiger partial charge is 0.314 e. The van der Waals surface area contributed by atoms with Crippen molar-refractivity contribution in [2.45, 2.75) is 45.2 Å². The minimum Gasteiger partial charge on any atom is -0.314 e. The molecule has 15 heavy (non-hydrogen) atoms. The molecule has 2 nitrogen and oxygen atoms in total. The monoisotopic (exact) mass is 230 g/mol. The summed E-state index contributed by atoms with van der Waals surface area (Å²) in [6, 6.07) is 1.53. The Morgan fingerprint density at radius 3 is 2.87 bits per heavy atom. The summed E-state index contributed by atoms with van der Waals surface area (Å²) < 4.78 is 0. The van der Waals surface area contributed by atoms with Gasteiger partial charge < -0.3 is 10.2 Å². The number of likely N-dealkylation sites (tertiary alicyclic amines) is 1. The van der Waals surface area contributed by atoms with Crippen LogP contribution in [0.4, 0.5) is 0 Å². The molecule has 0 aromatic rings. The molecule has 1 aliphatic heterocycles. The molecular weight excluding hydrogens is 204 g/mol. The van der Waals surface area contributed by atoms with Crippen LogP contribution in [-0.2, 0) is 0 Å². The van der Waals surface area contributed by atoms with E-state index in [-0.39, 0.29) is 0 Å². The number of nitrogens with zero attached hydrogens (tertiary/aromatic N) is 1. The third-order valence-electron chi connectivity index (χ3n) is 3.30. The Morgan fingerprint density at radius 1 is 1.47 bits per heavy atom. The Hall–Kier alpha value is 0.270. The first-order chi connectivity index (χ1) is 7.27. The van der Waals surface area contributed by atoms with Gasteiger partial charge in [0.1, 0.15) is 0 Å². The SMILES string of the molecule is CCNC1CCN(CCCSC)C(C)C1. The fourth-order valence-corrected chi connectivity index (χ4v) is 2.86. The molecule has 1 heterocycles. The van der Waals surface area contributed by atoms with Gasteiger partial charge in [-0.1, -0.05) is 6.92 Å². The van der Waals surface area contributed by atoms with Crippen molar-refractivity contribution in [1.82, 2.24) is 10.2 Å². The highest BCUT2D eigenvalue weighted by atomic mass is 32.2. The predicted octanol–water partition coefficient (Wildman–Crippen LogP) is 2.20. The van der Waals surface area contributed by atoms with E-state index in [0.717, 1.165) is 18.6 Å². The maximum atomic E-state index is 3.57. The van der Waals surface area contributed by atoms with Crippen LogP contribution in [0.1, 0.15) is 33.1 Å². The average Bonchev–Trinajstić information content (AvgIpc) is 2.22. The summed E-state index contributed by atoms with van der Waals surface area (Å²) in [5, 5.41) is 3.57. The second-order valence-corrected chi connectivity index (χ2v) is 5.50. The molecule has 1 N–H and O–H groups in total. The van der Waals surface area contributed by atoms with E-state index in [1.54, 1.807) is 0 Å². The van der Waals surface area contributed by atoms with Crippen molar-refractivity contribution in [3.63, 3.8) is 0 Å². The number of thioether (sulfide) groups is 1. The fourth-order valence-electron chi connectivity index (χ4n) is 2.44. The highest BCUT2D eigenvalue weighted by Gasteiger charge is 2.23. The number of hydrogen-bond donors (Lipinski definition) is 1. The maximum absolute atomic E-state index is 3.57. The van der Waals surface area contributed by atoms with Crippen LogP contribution in [0, 0.1) is 0 Å². The van der Waals surface area contributed by atoms with Crippen molar-refractivity contribution >= 4 is 11.8 Å². The summed E-state index contributed by atoms with van der Waals surface area (Å²) in [6.45, 7) is 8.27. The molecule has 0 aromatic carbocycles. The molecule has 0 saturated carbocycles. The van der Waals surface area contributed by atoms with Crippen LogP contribution in [0.25, 0.3) is 0 Å². The van der Waals surface area contributed by atoms with Gasteiger partial charge in [0.05, 0.1) is 0 Å². The molecule has 0 radical (unpaired) electrons. The van der Waals surface area contributed by atoms with Gasteiger partial charge in [-0.2, -0.15) is 11.8 Å². The normalized spacial score (nSPS) is 28.2. The zero-order valence-corrected chi connectivity index (χ0v) is 11.3. The van der Waals surface area contributed by atoms with Gasteiger partial charge in [-0.25, -0.2) is 0 Å². The number of rotatable bonds is 6. The average molecular weight is 230 g/mol. The lowest BCUT2D eigenvalue weighted by Crippen LogP contribution is -2.47. The van der Waals surface area contributed by atoms with E-state index >= 15 is 0 Å². The Morgan fingerprint density at radius 2 is 2.27 bits per heavy atom. The van der Waals surface area contributed by atoms with Crippen molar-refractivity contribution < 1.29 is 0 Å². The third kappa shape index (κ3) is 4.75. The van der Waals surface area contributed by atoms with Crippen molar-refractivity contribution in [1.29, 1.82) is 0 Å².